The summed E-state index contributed by atoms with van der Waals surface area (Å²) in [6, 6.07) is 5.88. The van der Waals surface area contributed by atoms with E-state index in [0.29, 0.717) is 55.6 Å². The van der Waals surface area contributed by atoms with E-state index in [2.05, 4.69) is 21.3 Å². The zero-order valence-electron chi connectivity index (χ0n) is 20.2. The van der Waals surface area contributed by atoms with Crippen molar-refractivity contribution in [2.75, 3.05) is 37.7 Å². The Hall–Kier alpha value is -2.72. The van der Waals surface area contributed by atoms with Crippen molar-refractivity contribution >= 4 is 29.1 Å². The third-order valence-corrected chi connectivity index (χ3v) is 6.67. The molecular weight excluding hydrogens is 457 g/mol. The number of piperazine rings is 1. The number of amides is 1. The van der Waals surface area contributed by atoms with E-state index in [1.54, 1.807) is 29.4 Å². The van der Waals surface area contributed by atoms with Crippen LogP contribution in [0, 0.1) is 5.82 Å². The van der Waals surface area contributed by atoms with Crippen molar-refractivity contribution in [2.45, 2.75) is 45.3 Å². The third-order valence-electron chi connectivity index (χ3n) is 5.27. The molecule has 0 saturated carbocycles. The molecule has 1 saturated heterocycles. The molecule has 0 aliphatic carbocycles. The Balaban J connectivity index is 1.73. The van der Waals surface area contributed by atoms with Crippen LogP contribution in [-0.2, 0) is 16.1 Å². The van der Waals surface area contributed by atoms with E-state index in [-0.39, 0.29) is 11.9 Å². The quantitative estimate of drug-likeness (QED) is 0.332. The molecular formula is C24H32FN5O3S. The standard InChI is InChI=1S/C24H32FN5O3S/c1-5-6-15-33-23(31)30-13-11-29(12-14-30)22-26-16-19(17-27-22)21(28-34(32)24(2,3)4)18-7-9-20(25)10-8-18/h7-10,16-17H,5-6,11-15H2,1-4H3/b28-21-/t34-/m0/s1. The number of halogens is 1. The number of carbonyl (C=O) groups excluding carboxylic acids is 1. The lowest BCUT2D eigenvalue weighted by atomic mass is 10.1. The van der Waals surface area contributed by atoms with Crippen LogP contribution < -0.4 is 4.90 Å². The van der Waals surface area contributed by atoms with Gasteiger partial charge in [-0.15, -0.1) is 0 Å². The summed E-state index contributed by atoms with van der Waals surface area (Å²) < 4.78 is 35.4. The molecule has 2 aromatic rings. The Morgan fingerprint density at radius 2 is 1.74 bits per heavy atom. The molecule has 1 amide bonds. The number of hydrogen-bond donors (Lipinski definition) is 0. The van der Waals surface area contributed by atoms with Gasteiger partial charge in [0.2, 0.25) is 5.95 Å². The van der Waals surface area contributed by atoms with Gasteiger partial charge < -0.3 is 19.1 Å². The van der Waals surface area contributed by atoms with Crippen LogP contribution in [0.2, 0.25) is 0 Å². The number of aromatic nitrogens is 2. The van der Waals surface area contributed by atoms with Crippen LogP contribution in [0.25, 0.3) is 0 Å². The van der Waals surface area contributed by atoms with Crippen molar-refractivity contribution in [3.8, 4) is 0 Å². The monoisotopic (exact) mass is 489 g/mol. The molecule has 1 atom stereocenters. The average molecular weight is 490 g/mol. The molecule has 0 spiro atoms. The maximum atomic E-state index is 13.5. The number of hydrogen-bond acceptors (Lipinski definition) is 7. The molecule has 0 unspecified atom stereocenters. The lowest BCUT2D eigenvalue weighted by molar-refractivity contribution is 0.0988. The first-order valence-electron chi connectivity index (χ1n) is 11.4. The lowest BCUT2D eigenvalue weighted by Gasteiger charge is -2.34. The smallest absolute Gasteiger partial charge is 0.409 e. The number of rotatable bonds is 7. The minimum absolute atomic E-state index is 0.281. The van der Waals surface area contributed by atoms with E-state index in [0.717, 1.165) is 12.8 Å². The number of nitrogens with zero attached hydrogens (tertiary/aromatic N) is 5. The van der Waals surface area contributed by atoms with Gasteiger partial charge in [-0.05, 0) is 51.5 Å². The number of benzene rings is 1. The third kappa shape index (κ3) is 6.89. The summed E-state index contributed by atoms with van der Waals surface area (Å²) >= 11 is -1.52. The first-order valence-corrected chi connectivity index (χ1v) is 12.6. The summed E-state index contributed by atoms with van der Waals surface area (Å²) in [5.41, 5.74) is 1.66. The maximum Gasteiger partial charge on any atom is 0.409 e. The second kappa shape index (κ2) is 11.6. The second-order valence-corrected chi connectivity index (χ2v) is 10.9. The Labute approximate surface area is 203 Å². The van der Waals surface area contributed by atoms with E-state index < -0.39 is 16.1 Å². The topological polar surface area (TPSA) is 94.0 Å². The minimum atomic E-state index is -1.52. The highest BCUT2D eigenvalue weighted by Gasteiger charge is 2.28. The van der Waals surface area contributed by atoms with Crippen molar-refractivity contribution in [2.24, 2.45) is 4.40 Å². The molecule has 3 rings (SSSR count). The van der Waals surface area contributed by atoms with E-state index in [1.165, 1.54) is 12.1 Å². The first-order chi connectivity index (χ1) is 16.2. The van der Waals surface area contributed by atoms with Gasteiger partial charge >= 0.3 is 6.09 Å². The van der Waals surface area contributed by atoms with Gasteiger partial charge in [0.15, 0.2) is 0 Å². The van der Waals surface area contributed by atoms with Crippen LogP contribution in [-0.4, -0.2) is 68.8 Å². The summed E-state index contributed by atoms with van der Waals surface area (Å²) in [7, 11) is 0. The Kier molecular flexibility index (Phi) is 8.84. The SMILES string of the molecule is CCCCOC(=O)N1CCN(c2ncc(/C(=N\[S@@+]([O-])C(C)(C)C)c3ccc(F)cc3)cn2)CC1. The second-order valence-electron chi connectivity index (χ2n) is 9.02. The summed E-state index contributed by atoms with van der Waals surface area (Å²) in [4.78, 5) is 24.8. The molecule has 0 N–H and O–H groups in total. The number of carbonyl (C=O) groups is 1. The van der Waals surface area contributed by atoms with Gasteiger partial charge in [-0.1, -0.05) is 17.7 Å². The maximum absolute atomic E-state index is 13.5. The highest BCUT2D eigenvalue weighted by atomic mass is 32.2. The normalized spacial score (nSPS) is 15.9. The van der Waals surface area contributed by atoms with Gasteiger partial charge in [-0.2, -0.15) is 0 Å². The molecule has 1 aliphatic rings. The van der Waals surface area contributed by atoms with Crippen LogP contribution in [0.1, 0.15) is 51.7 Å². The summed E-state index contributed by atoms with van der Waals surface area (Å²) in [5, 5.41) is 0. The van der Waals surface area contributed by atoms with Crippen molar-refractivity contribution < 1.29 is 18.5 Å². The Morgan fingerprint density at radius 3 is 2.29 bits per heavy atom. The largest absolute Gasteiger partial charge is 0.591 e. The van der Waals surface area contributed by atoms with E-state index >= 15 is 0 Å². The van der Waals surface area contributed by atoms with E-state index in [9.17, 15) is 13.7 Å². The van der Waals surface area contributed by atoms with Crippen LogP contribution in [0.5, 0.6) is 0 Å². The molecule has 8 nitrogen and oxygen atoms in total. The van der Waals surface area contributed by atoms with Crippen LogP contribution in [0.4, 0.5) is 15.1 Å². The molecule has 10 heteroatoms. The number of unbranched alkanes of at least 4 members (excludes halogenated alkanes) is 1. The number of anilines is 1. The van der Waals surface area contributed by atoms with Gasteiger partial charge in [0.05, 0.1) is 6.61 Å². The predicted octanol–water partition coefficient (Wildman–Crippen LogP) is 3.97. The van der Waals surface area contributed by atoms with Crippen molar-refractivity contribution in [1.82, 2.24) is 14.9 Å². The van der Waals surface area contributed by atoms with Gasteiger partial charge in [-0.25, -0.2) is 19.2 Å². The van der Waals surface area contributed by atoms with E-state index in [4.69, 9.17) is 4.74 Å². The molecule has 2 heterocycles. The zero-order valence-corrected chi connectivity index (χ0v) is 21.0. The molecule has 1 fully saturated rings. The van der Waals surface area contributed by atoms with Gasteiger partial charge in [0.1, 0.15) is 27.6 Å². The minimum Gasteiger partial charge on any atom is -0.591 e. The fourth-order valence-corrected chi connectivity index (χ4v) is 3.84. The zero-order chi connectivity index (χ0) is 24.7. The average Bonchev–Trinajstić information content (AvgIpc) is 2.83. The molecule has 1 aromatic carbocycles. The van der Waals surface area contributed by atoms with Crippen LogP contribution in [0.15, 0.2) is 41.1 Å². The Morgan fingerprint density at radius 1 is 1.12 bits per heavy atom. The van der Waals surface area contributed by atoms with E-state index in [1.807, 2.05) is 25.7 Å². The number of ether oxygens (including phenoxy) is 1. The fourth-order valence-electron chi connectivity index (χ4n) is 3.19. The van der Waals surface area contributed by atoms with Crippen molar-refractivity contribution in [3.63, 3.8) is 0 Å². The molecule has 0 radical (unpaired) electrons. The molecule has 1 aliphatic heterocycles. The molecule has 1 aromatic heterocycles. The van der Waals surface area contributed by atoms with Crippen molar-refractivity contribution in [1.29, 1.82) is 0 Å². The summed E-state index contributed by atoms with van der Waals surface area (Å²) in [6.07, 6.45) is 4.83. The van der Waals surface area contributed by atoms with Crippen LogP contribution >= 0.6 is 0 Å². The fraction of sp³-hybridized carbons (Fsp3) is 0.500. The van der Waals surface area contributed by atoms with Gasteiger partial charge in [0, 0.05) is 49.7 Å². The molecule has 34 heavy (non-hydrogen) atoms. The van der Waals surface area contributed by atoms with Crippen LogP contribution in [0.3, 0.4) is 0 Å². The molecule has 0 bridgehead atoms. The van der Waals surface area contributed by atoms with Gasteiger partial charge in [0.25, 0.3) is 0 Å². The van der Waals surface area contributed by atoms with Gasteiger partial charge in [-0.3, -0.25) is 0 Å². The Bertz CT molecular complexity index is 972. The summed E-state index contributed by atoms with van der Waals surface area (Å²) in [6.45, 7) is 10.3. The summed E-state index contributed by atoms with van der Waals surface area (Å²) in [5.74, 6) is 0.179. The highest BCUT2D eigenvalue weighted by molar-refractivity contribution is 7.91. The highest BCUT2D eigenvalue weighted by Crippen LogP contribution is 2.21. The molecule has 184 valence electrons. The first kappa shape index (κ1) is 25.9. The van der Waals surface area contributed by atoms with Crippen molar-refractivity contribution in [3.05, 3.63) is 53.6 Å². The predicted molar refractivity (Wildman–Crippen MR) is 132 cm³/mol. The lowest BCUT2D eigenvalue weighted by Crippen LogP contribution is -2.49.